The number of halogens is 1. The van der Waals surface area contributed by atoms with E-state index >= 15 is 0 Å². The number of carboxylic acids is 1. The molecule has 0 saturated carbocycles. The van der Waals surface area contributed by atoms with Gasteiger partial charge in [-0.25, -0.2) is 9.18 Å². The molecule has 0 spiro atoms. The van der Waals surface area contributed by atoms with Crippen LogP contribution in [0.3, 0.4) is 0 Å². The normalized spacial score (nSPS) is 13.9. The molecule has 2 N–H and O–H groups in total. The Kier molecular flexibility index (Phi) is 6.23. The van der Waals surface area contributed by atoms with Crippen molar-refractivity contribution in [2.45, 2.75) is 13.0 Å². The molecule has 1 rings (SSSR count). The van der Waals surface area contributed by atoms with Crippen LogP contribution in [-0.4, -0.2) is 39.2 Å². The molecule has 2 atom stereocenters. The average Bonchev–Trinajstić information content (AvgIpc) is 2.36. The maximum Gasteiger partial charge on any atom is 0.328 e. The number of carbonyl (C=O) groups excluding carboxylic acids is 1. The number of amides is 1. The summed E-state index contributed by atoms with van der Waals surface area (Å²) in [7, 11) is -1.07. The van der Waals surface area contributed by atoms with E-state index in [0.717, 1.165) is 12.1 Å². The van der Waals surface area contributed by atoms with Gasteiger partial charge >= 0.3 is 5.97 Å². The Hall–Kier alpha value is -2.02. The molecule has 1 aromatic rings. The minimum atomic E-state index is -1.13. The number of carbonyl (C=O) groups is 2. The van der Waals surface area contributed by atoms with Gasteiger partial charge in [0.25, 0.3) is 5.91 Å². The minimum Gasteiger partial charge on any atom is -0.478 e. The predicted molar refractivity (Wildman–Crippen MR) is 78.9 cm³/mol. The topological polar surface area (TPSA) is 83.5 Å². The lowest BCUT2D eigenvalue weighted by molar-refractivity contribution is -0.131. The summed E-state index contributed by atoms with van der Waals surface area (Å²) in [6.45, 7) is 1.67. The number of rotatable bonds is 6. The number of nitrogens with one attached hydrogen (secondary N) is 1. The van der Waals surface area contributed by atoms with E-state index in [4.69, 9.17) is 5.11 Å². The van der Waals surface area contributed by atoms with Crippen LogP contribution in [-0.2, 0) is 15.6 Å². The van der Waals surface area contributed by atoms with Crippen LogP contribution in [0.5, 0.6) is 0 Å². The van der Waals surface area contributed by atoms with Gasteiger partial charge in [0.2, 0.25) is 0 Å². The largest absolute Gasteiger partial charge is 0.478 e. The quantitative estimate of drug-likeness (QED) is 0.778. The molecule has 0 aliphatic heterocycles. The SMILES string of the molecule is CC(CS(C)=O)NC(=O)c1cc(/C=C/C(=O)O)ccc1F. The van der Waals surface area contributed by atoms with E-state index in [9.17, 15) is 18.2 Å². The van der Waals surface area contributed by atoms with E-state index in [1.807, 2.05) is 0 Å². The lowest BCUT2D eigenvalue weighted by atomic mass is 10.1. The zero-order valence-corrected chi connectivity index (χ0v) is 12.4. The summed E-state index contributed by atoms with van der Waals surface area (Å²) in [4.78, 5) is 22.4. The van der Waals surface area contributed by atoms with Crippen LogP contribution in [0.25, 0.3) is 6.08 Å². The molecule has 7 heteroatoms. The monoisotopic (exact) mass is 313 g/mol. The van der Waals surface area contributed by atoms with Crippen LogP contribution in [0.15, 0.2) is 24.3 Å². The number of carboxylic acid groups (broad SMARTS) is 1. The Morgan fingerprint density at radius 2 is 2.14 bits per heavy atom. The number of benzene rings is 1. The van der Waals surface area contributed by atoms with Gasteiger partial charge in [-0.15, -0.1) is 0 Å². The van der Waals surface area contributed by atoms with Crippen LogP contribution in [0.1, 0.15) is 22.8 Å². The van der Waals surface area contributed by atoms with Gasteiger partial charge in [0.15, 0.2) is 0 Å². The smallest absolute Gasteiger partial charge is 0.328 e. The van der Waals surface area contributed by atoms with Gasteiger partial charge in [0, 0.05) is 34.9 Å². The third kappa shape index (κ3) is 5.86. The molecule has 0 aromatic heterocycles. The van der Waals surface area contributed by atoms with Gasteiger partial charge in [-0.2, -0.15) is 0 Å². The van der Waals surface area contributed by atoms with Crippen molar-refractivity contribution in [3.8, 4) is 0 Å². The van der Waals surface area contributed by atoms with Crippen molar-refractivity contribution in [2.24, 2.45) is 0 Å². The summed E-state index contributed by atoms with van der Waals surface area (Å²) < 4.78 is 24.7. The van der Waals surface area contributed by atoms with Crippen LogP contribution < -0.4 is 5.32 Å². The van der Waals surface area contributed by atoms with Crippen molar-refractivity contribution in [1.29, 1.82) is 0 Å². The molecule has 0 saturated heterocycles. The highest BCUT2D eigenvalue weighted by Gasteiger charge is 2.15. The molecule has 0 bridgehead atoms. The van der Waals surface area contributed by atoms with Gasteiger partial charge in [-0.05, 0) is 30.7 Å². The van der Waals surface area contributed by atoms with Gasteiger partial charge in [-0.1, -0.05) is 6.07 Å². The Balaban J connectivity index is 2.90. The Labute approximate surface area is 124 Å². The summed E-state index contributed by atoms with van der Waals surface area (Å²) >= 11 is 0. The molecule has 0 heterocycles. The first-order valence-corrected chi connectivity index (χ1v) is 7.83. The Morgan fingerprint density at radius 1 is 1.48 bits per heavy atom. The fourth-order valence-electron chi connectivity index (χ4n) is 1.68. The van der Waals surface area contributed by atoms with Crippen molar-refractivity contribution in [3.63, 3.8) is 0 Å². The zero-order chi connectivity index (χ0) is 16.0. The van der Waals surface area contributed by atoms with E-state index in [-0.39, 0.29) is 17.4 Å². The third-order valence-electron chi connectivity index (χ3n) is 2.52. The standard InChI is InChI=1S/C14H16FNO4S/c1-9(8-21(2)20)16-14(19)11-7-10(3-5-12(11)15)4-6-13(17)18/h3-7,9H,8H2,1-2H3,(H,16,19)(H,17,18)/b6-4+. The summed E-state index contributed by atoms with van der Waals surface area (Å²) in [6, 6.07) is 3.37. The first-order chi connectivity index (χ1) is 9.79. The first kappa shape index (κ1) is 17.0. The lowest BCUT2D eigenvalue weighted by Gasteiger charge is -2.13. The number of hydrogen-bond acceptors (Lipinski definition) is 3. The maximum atomic E-state index is 13.7. The van der Waals surface area contributed by atoms with Crippen LogP contribution in [0.2, 0.25) is 0 Å². The number of aliphatic carboxylic acids is 1. The molecule has 0 radical (unpaired) electrons. The summed E-state index contributed by atoms with van der Waals surface area (Å²) in [5.41, 5.74) is 0.215. The van der Waals surface area contributed by atoms with Gasteiger partial charge < -0.3 is 10.4 Å². The van der Waals surface area contributed by atoms with Crippen LogP contribution >= 0.6 is 0 Å². The summed E-state index contributed by atoms with van der Waals surface area (Å²) in [5.74, 6) is -2.20. The van der Waals surface area contributed by atoms with Gasteiger partial charge in [0.1, 0.15) is 5.82 Å². The van der Waals surface area contributed by atoms with E-state index in [2.05, 4.69) is 5.32 Å². The molecule has 5 nitrogen and oxygen atoms in total. The van der Waals surface area contributed by atoms with Crippen LogP contribution in [0.4, 0.5) is 4.39 Å². The van der Waals surface area contributed by atoms with Crippen LogP contribution in [0, 0.1) is 5.82 Å². The molecule has 114 valence electrons. The average molecular weight is 313 g/mol. The molecule has 0 fully saturated rings. The van der Waals surface area contributed by atoms with Crippen molar-refractivity contribution < 1.29 is 23.3 Å². The molecular formula is C14H16FNO4S. The molecule has 1 aromatic carbocycles. The summed E-state index contributed by atoms with van der Waals surface area (Å²) in [5, 5.41) is 11.1. The molecular weight excluding hydrogens is 297 g/mol. The van der Waals surface area contributed by atoms with Crippen molar-refractivity contribution in [1.82, 2.24) is 5.32 Å². The molecule has 0 aliphatic carbocycles. The fourth-order valence-corrected chi connectivity index (χ4v) is 2.47. The van der Waals surface area contributed by atoms with Crippen molar-refractivity contribution in [2.75, 3.05) is 12.0 Å². The van der Waals surface area contributed by atoms with E-state index in [1.54, 1.807) is 6.92 Å². The van der Waals surface area contributed by atoms with Crippen molar-refractivity contribution in [3.05, 3.63) is 41.2 Å². The fraction of sp³-hybridized carbons (Fsp3) is 0.286. The molecule has 2 unspecified atom stereocenters. The Morgan fingerprint density at radius 3 is 2.71 bits per heavy atom. The second-order valence-corrected chi connectivity index (χ2v) is 6.00. The minimum absolute atomic E-state index is 0.184. The second-order valence-electron chi connectivity index (χ2n) is 4.53. The van der Waals surface area contributed by atoms with Gasteiger partial charge in [0.05, 0.1) is 5.56 Å². The maximum absolute atomic E-state index is 13.7. The highest BCUT2D eigenvalue weighted by molar-refractivity contribution is 7.84. The molecule has 1 amide bonds. The molecule has 0 aliphatic rings. The molecule has 21 heavy (non-hydrogen) atoms. The van der Waals surface area contributed by atoms with E-state index in [0.29, 0.717) is 5.56 Å². The van der Waals surface area contributed by atoms with E-state index in [1.165, 1.54) is 24.5 Å². The third-order valence-corrected chi connectivity index (χ3v) is 3.49. The summed E-state index contributed by atoms with van der Waals surface area (Å²) in [6.07, 6.45) is 3.68. The predicted octanol–water partition coefficient (Wildman–Crippen LogP) is 1.42. The first-order valence-electron chi connectivity index (χ1n) is 6.11. The Bertz CT molecular complexity index is 601. The lowest BCUT2D eigenvalue weighted by Crippen LogP contribution is -2.36. The second kappa shape index (κ2) is 7.68. The zero-order valence-electron chi connectivity index (χ0n) is 11.6. The number of hydrogen-bond donors (Lipinski definition) is 2. The van der Waals surface area contributed by atoms with E-state index < -0.39 is 28.5 Å². The highest BCUT2D eigenvalue weighted by Crippen LogP contribution is 2.12. The van der Waals surface area contributed by atoms with Crippen molar-refractivity contribution >= 4 is 28.8 Å². The highest BCUT2D eigenvalue weighted by atomic mass is 32.2. The van der Waals surface area contributed by atoms with Gasteiger partial charge in [-0.3, -0.25) is 9.00 Å².